The van der Waals surface area contributed by atoms with Crippen LogP contribution < -0.4 is 9.64 Å². The minimum Gasteiger partial charge on any atom is -0.491 e. The standard InChI is InChI=1S/C20H22N4O2/c1-12(2)26-15-4-3-13-8-21-20(17(13)6-15)18-7-19(23-11-22-18)24-9-16-5-14(24)10-25-16/h3-4,6-7,11-12,14,16H,5,8-10H2,1-2H3/t14?,16-/m0/s1. The van der Waals surface area contributed by atoms with E-state index in [1.54, 1.807) is 6.33 Å². The van der Waals surface area contributed by atoms with Crippen molar-refractivity contribution in [3.8, 4) is 5.75 Å². The molecule has 6 heteroatoms. The van der Waals surface area contributed by atoms with Crippen LogP contribution in [0.3, 0.4) is 0 Å². The zero-order valence-electron chi connectivity index (χ0n) is 15.1. The molecule has 6 nitrogen and oxygen atoms in total. The van der Waals surface area contributed by atoms with Crippen LogP contribution in [0.1, 0.15) is 37.1 Å². The summed E-state index contributed by atoms with van der Waals surface area (Å²) in [6.07, 6.45) is 3.23. The van der Waals surface area contributed by atoms with Crippen molar-refractivity contribution in [1.29, 1.82) is 0 Å². The van der Waals surface area contributed by atoms with Gasteiger partial charge in [-0.25, -0.2) is 9.97 Å². The summed E-state index contributed by atoms with van der Waals surface area (Å²) in [5.41, 5.74) is 4.13. The Balaban J connectivity index is 1.46. The number of aliphatic imine (C=N–C) groups is 1. The van der Waals surface area contributed by atoms with E-state index in [0.717, 1.165) is 48.1 Å². The Labute approximate surface area is 152 Å². The van der Waals surface area contributed by atoms with Crippen LogP contribution in [-0.2, 0) is 11.3 Å². The van der Waals surface area contributed by atoms with Crippen molar-refractivity contribution in [2.75, 3.05) is 18.1 Å². The zero-order valence-corrected chi connectivity index (χ0v) is 15.1. The molecule has 0 N–H and O–H groups in total. The van der Waals surface area contributed by atoms with Gasteiger partial charge in [0, 0.05) is 18.2 Å². The topological polar surface area (TPSA) is 59.8 Å². The van der Waals surface area contributed by atoms with Gasteiger partial charge in [0.15, 0.2) is 0 Å². The second-order valence-electron chi connectivity index (χ2n) is 7.41. The summed E-state index contributed by atoms with van der Waals surface area (Å²) >= 11 is 0. The highest BCUT2D eigenvalue weighted by Crippen LogP contribution is 2.32. The number of fused-ring (bicyclic) bond motifs is 3. The van der Waals surface area contributed by atoms with Gasteiger partial charge in [-0.3, -0.25) is 4.99 Å². The van der Waals surface area contributed by atoms with Gasteiger partial charge in [0.2, 0.25) is 0 Å². The number of aromatic nitrogens is 2. The molecule has 2 fully saturated rings. The van der Waals surface area contributed by atoms with Gasteiger partial charge in [0.25, 0.3) is 0 Å². The highest BCUT2D eigenvalue weighted by Gasteiger charge is 2.39. The van der Waals surface area contributed by atoms with Gasteiger partial charge in [-0.05, 0) is 38.0 Å². The van der Waals surface area contributed by atoms with Gasteiger partial charge >= 0.3 is 0 Å². The van der Waals surface area contributed by atoms with Gasteiger partial charge in [-0.2, -0.15) is 0 Å². The SMILES string of the molecule is CC(C)Oc1ccc2c(c1)C(c1cc(N3C[C@@H]4CC3CO4)ncn1)=NC2. The summed E-state index contributed by atoms with van der Waals surface area (Å²) in [7, 11) is 0. The average Bonchev–Trinajstić information content (AvgIpc) is 3.36. The third kappa shape index (κ3) is 2.65. The molecule has 4 heterocycles. The van der Waals surface area contributed by atoms with E-state index in [4.69, 9.17) is 14.5 Å². The van der Waals surface area contributed by atoms with Crippen LogP contribution in [0.2, 0.25) is 0 Å². The van der Waals surface area contributed by atoms with Gasteiger partial charge in [0.1, 0.15) is 17.9 Å². The van der Waals surface area contributed by atoms with E-state index in [0.29, 0.717) is 18.7 Å². The number of rotatable bonds is 4. The molecule has 2 atom stereocenters. The molecule has 3 aliphatic heterocycles. The molecule has 2 bridgehead atoms. The van der Waals surface area contributed by atoms with Crippen LogP contribution >= 0.6 is 0 Å². The van der Waals surface area contributed by atoms with Crippen molar-refractivity contribution >= 4 is 11.5 Å². The zero-order chi connectivity index (χ0) is 17.7. The summed E-state index contributed by atoms with van der Waals surface area (Å²) in [6, 6.07) is 8.69. The molecule has 5 rings (SSSR count). The van der Waals surface area contributed by atoms with E-state index in [2.05, 4.69) is 33.1 Å². The maximum atomic E-state index is 5.85. The van der Waals surface area contributed by atoms with E-state index in [1.165, 1.54) is 5.56 Å². The van der Waals surface area contributed by atoms with E-state index in [1.807, 2.05) is 19.9 Å². The van der Waals surface area contributed by atoms with Crippen LogP contribution in [0.5, 0.6) is 5.75 Å². The largest absolute Gasteiger partial charge is 0.491 e. The monoisotopic (exact) mass is 350 g/mol. The van der Waals surface area contributed by atoms with Crippen LogP contribution in [0.4, 0.5) is 5.82 Å². The minimum absolute atomic E-state index is 0.147. The molecular formula is C20H22N4O2. The molecule has 0 spiro atoms. The second kappa shape index (κ2) is 6.06. The quantitative estimate of drug-likeness (QED) is 0.848. The first-order valence-corrected chi connectivity index (χ1v) is 9.22. The lowest BCUT2D eigenvalue weighted by atomic mass is 10.0. The molecule has 1 aromatic heterocycles. The van der Waals surface area contributed by atoms with Crippen molar-refractivity contribution in [2.45, 2.75) is 45.1 Å². The van der Waals surface area contributed by atoms with E-state index < -0.39 is 0 Å². The Kier molecular flexibility index (Phi) is 3.67. The molecule has 134 valence electrons. The van der Waals surface area contributed by atoms with Crippen molar-refractivity contribution in [1.82, 2.24) is 9.97 Å². The smallest absolute Gasteiger partial charge is 0.133 e. The third-order valence-electron chi connectivity index (χ3n) is 5.21. The lowest BCUT2D eigenvalue weighted by Crippen LogP contribution is -2.37. The fourth-order valence-corrected chi connectivity index (χ4v) is 4.04. The minimum atomic E-state index is 0.147. The predicted octanol–water partition coefficient (Wildman–Crippen LogP) is 2.59. The Morgan fingerprint density at radius 2 is 2.15 bits per heavy atom. The summed E-state index contributed by atoms with van der Waals surface area (Å²) in [5.74, 6) is 1.84. The normalized spacial score (nSPS) is 23.5. The summed E-state index contributed by atoms with van der Waals surface area (Å²) < 4.78 is 11.6. The molecule has 2 saturated heterocycles. The molecule has 0 radical (unpaired) electrons. The highest BCUT2D eigenvalue weighted by atomic mass is 16.5. The summed E-state index contributed by atoms with van der Waals surface area (Å²) in [5, 5.41) is 0. The number of morpholine rings is 1. The first-order chi connectivity index (χ1) is 12.7. The first kappa shape index (κ1) is 15.8. The van der Waals surface area contributed by atoms with Gasteiger partial charge in [0.05, 0.1) is 42.8 Å². The molecule has 0 saturated carbocycles. The Morgan fingerprint density at radius 1 is 1.23 bits per heavy atom. The Morgan fingerprint density at radius 3 is 2.92 bits per heavy atom. The lowest BCUT2D eigenvalue weighted by Gasteiger charge is -2.27. The van der Waals surface area contributed by atoms with Gasteiger partial charge < -0.3 is 14.4 Å². The average molecular weight is 350 g/mol. The van der Waals surface area contributed by atoms with Crippen molar-refractivity contribution in [3.63, 3.8) is 0 Å². The number of nitrogens with zero attached hydrogens (tertiary/aromatic N) is 4. The van der Waals surface area contributed by atoms with Crippen molar-refractivity contribution in [3.05, 3.63) is 47.4 Å². The molecule has 2 aromatic rings. The van der Waals surface area contributed by atoms with Crippen molar-refractivity contribution in [2.24, 2.45) is 4.99 Å². The maximum absolute atomic E-state index is 5.85. The molecule has 0 aliphatic carbocycles. The Bertz CT molecular complexity index is 880. The number of hydrogen-bond donors (Lipinski definition) is 0. The molecule has 0 amide bonds. The summed E-state index contributed by atoms with van der Waals surface area (Å²) in [4.78, 5) is 16.1. The van der Waals surface area contributed by atoms with Crippen molar-refractivity contribution < 1.29 is 9.47 Å². The van der Waals surface area contributed by atoms with Crippen LogP contribution in [0, 0.1) is 0 Å². The highest BCUT2D eigenvalue weighted by molar-refractivity contribution is 6.14. The van der Waals surface area contributed by atoms with Gasteiger partial charge in [-0.15, -0.1) is 0 Å². The maximum Gasteiger partial charge on any atom is 0.133 e. The van der Waals surface area contributed by atoms with Crippen LogP contribution in [0.15, 0.2) is 35.6 Å². The fraction of sp³-hybridized carbons (Fsp3) is 0.450. The third-order valence-corrected chi connectivity index (χ3v) is 5.21. The second-order valence-corrected chi connectivity index (χ2v) is 7.41. The number of anilines is 1. The molecule has 1 unspecified atom stereocenters. The van der Waals surface area contributed by atoms with Crippen LogP contribution in [-0.4, -0.2) is 47.1 Å². The lowest BCUT2D eigenvalue weighted by molar-refractivity contribution is 0.0989. The van der Waals surface area contributed by atoms with E-state index in [9.17, 15) is 0 Å². The molecule has 26 heavy (non-hydrogen) atoms. The fourth-order valence-electron chi connectivity index (χ4n) is 4.04. The molecular weight excluding hydrogens is 328 g/mol. The number of benzene rings is 1. The predicted molar refractivity (Wildman–Crippen MR) is 99.1 cm³/mol. The van der Waals surface area contributed by atoms with Crippen LogP contribution in [0.25, 0.3) is 0 Å². The molecule has 3 aliphatic rings. The van der Waals surface area contributed by atoms with Gasteiger partial charge in [-0.1, -0.05) is 6.07 Å². The Hall–Kier alpha value is -2.47. The molecule has 1 aromatic carbocycles. The van der Waals surface area contributed by atoms with E-state index >= 15 is 0 Å². The van der Waals surface area contributed by atoms with E-state index in [-0.39, 0.29) is 6.10 Å². The number of ether oxygens (including phenoxy) is 2. The first-order valence-electron chi connectivity index (χ1n) is 9.22. The summed E-state index contributed by atoms with van der Waals surface area (Å²) in [6.45, 7) is 6.47. The number of hydrogen-bond acceptors (Lipinski definition) is 6.